The van der Waals surface area contributed by atoms with Crippen LogP contribution in [0.15, 0.2) is 76.5 Å². The van der Waals surface area contributed by atoms with E-state index in [-0.39, 0.29) is 24.5 Å². The van der Waals surface area contributed by atoms with Crippen LogP contribution in [0.4, 0.5) is 0 Å². The van der Waals surface area contributed by atoms with Crippen molar-refractivity contribution in [3.63, 3.8) is 0 Å². The van der Waals surface area contributed by atoms with Gasteiger partial charge in [-0.05, 0) is 36.8 Å². The van der Waals surface area contributed by atoms with E-state index in [1.165, 1.54) is 11.8 Å². The molecule has 9 heteroatoms. The Morgan fingerprint density at radius 3 is 2.76 bits per heavy atom. The minimum Gasteiger partial charge on any atom is -0.467 e. The normalized spacial score (nSPS) is 13.1. The Hall–Kier alpha value is -3.72. The summed E-state index contributed by atoms with van der Waals surface area (Å²) in [5.74, 6) is 3.01. The number of carbonyl (C=O) groups is 1. The number of hydrogen-bond acceptors (Lipinski definition) is 7. The van der Waals surface area contributed by atoms with Crippen molar-refractivity contribution in [1.82, 2.24) is 20.1 Å². The number of thioether (sulfide) groups is 1. The number of amides is 1. The summed E-state index contributed by atoms with van der Waals surface area (Å²) in [5.41, 5.74) is 1.97. The largest absolute Gasteiger partial charge is 0.467 e. The molecule has 0 spiro atoms. The topological polar surface area (TPSA) is 91.4 Å². The van der Waals surface area contributed by atoms with Gasteiger partial charge in [-0.2, -0.15) is 0 Å². The van der Waals surface area contributed by atoms with Crippen molar-refractivity contribution in [2.75, 3.05) is 12.5 Å². The van der Waals surface area contributed by atoms with E-state index in [1.807, 2.05) is 66.1 Å². The van der Waals surface area contributed by atoms with Gasteiger partial charge >= 0.3 is 0 Å². The number of nitrogens with one attached hydrogen (secondary N) is 1. The molecule has 5 rings (SSSR count). The number of ether oxygens (including phenoxy) is 2. The number of carbonyl (C=O) groups excluding carboxylic acids is 1. The van der Waals surface area contributed by atoms with Gasteiger partial charge in [-0.1, -0.05) is 48.2 Å². The van der Waals surface area contributed by atoms with E-state index in [9.17, 15) is 4.79 Å². The van der Waals surface area contributed by atoms with E-state index in [2.05, 4.69) is 15.5 Å². The zero-order valence-corrected chi connectivity index (χ0v) is 18.7. The maximum Gasteiger partial charge on any atom is 0.231 e. The minimum atomic E-state index is -0.209. The van der Waals surface area contributed by atoms with Gasteiger partial charge in [0.2, 0.25) is 12.7 Å². The number of nitrogens with zero attached hydrogens (tertiary/aromatic N) is 3. The lowest BCUT2D eigenvalue weighted by Crippen LogP contribution is -2.28. The molecule has 8 nitrogen and oxygen atoms in total. The second-order valence-electron chi connectivity index (χ2n) is 7.54. The molecule has 0 radical (unpaired) electrons. The molecular weight excluding hydrogens is 440 g/mol. The van der Waals surface area contributed by atoms with E-state index in [1.54, 1.807) is 12.3 Å². The zero-order valence-electron chi connectivity index (χ0n) is 17.9. The molecule has 2 aromatic carbocycles. The molecule has 1 aliphatic rings. The molecular formula is C24H22N4O4S. The van der Waals surface area contributed by atoms with E-state index in [0.717, 1.165) is 28.5 Å². The number of hydrogen-bond donors (Lipinski definition) is 1. The van der Waals surface area contributed by atoms with Crippen LogP contribution < -0.4 is 14.8 Å². The van der Waals surface area contributed by atoms with Crippen LogP contribution in [0.5, 0.6) is 11.5 Å². The first-order valence-electron chi connectivity index (χ1n) is 10.5. The Labute approximate surface area is 194 Å². The first-order valence-corrected chi connectivity index (χ1v) is 11.5. The molecule has 0 saturated heterocycles. The Kier molecular flexibility index (Phi) is 6.03. The van der Waals surface area contributed by atoms with Crippen LogP contribution in [0.3, 0.4) is 0 Å². The lowest BCUT2D eigenvalue weighted by Gasteiger charge is -2.13. The molecule has 0 aliphatic carbocycles. The fourth-order valence-electron chi connectivity index (χ4n) is 3.58. The highest BCUT2D eigenvalue weighted by Crippen LogP contribution is 2.33. The number of fused-ring (bicyclic) bond motifs is 1. The summed E-state index contributed by atoms with van der Waals surface area (Å²) in [6, 6.07) is 19.2. The predicted octanol–water partition coefficient (Wildman–Crippen LogP) is 4.28. The average Bonchev–Trinajstić information content (AvgIpc) is 3.59. The first kappa shape index (κ1) is 21.1. The maximum absolute atomic E-state index is 12.5. The van der Waals surface area contributed by atoms with Gasteiger partial charge in [-0.3, -0.25) is 9.36 Å². The smallest absolute Gasteiger partial charge is 0.231 e. The SMILES string of the molecule is C[C@H](NC(=O)CSc1nnc(-c2ccccc2)n1Cc1ccc2c(c1)OCO2)c1ccco1. The van der Waals surface area contributed by atoms with Crippen LogP contribution in [0.25, 0.3) is 11.4 Å². The first-order chi connectivity index (χ1) is 16.2. The van der Waals surface area contributed by atoms with E-state index in [0.29, 0.717) is 17.5 Å². The zero-order chi connectivity index (χ0) is 22.6. The predicted molar refractivity (Wildman–Crippen MR) is 123 cm³/mol. The van der Waals surface area contributed by atoms with Crippen LogP contribution in [-0.4, -0.2) is 33.2 Å². The third-order valence-electron chi connectivity index (χ3n) is 5.21. The van der Waals surface area contributed by atoms with Gasteiger partial charge in [0, 0.05) is 5.56 Å². The number of benzene rings is 2. The molecule has 1 N–H and O–H groups in total. The molecule has 0 saturated carbocycles. The van der Waals surface area contributed by atoms with E-state index < -0.39 is 0 Å². The molecule has 1 aliphatic heterocycles. The summed E-state index contributed by atoms with van der Waals surface area (Å²) in [7, 11) is 0. The molecule has 2 aromatic heterocycles. The molecule has 0 bridgehead atoms. The highest BCUT2D eigenvalue weighted by Gasteiger charge is 2.19. The summed E-state index contributed by atoms with van der Waals surface area (Å²) in [5, 5.41) is 12.4. The van der Waals surface area contributed by atoms with Gasteiger partial charge in [0.05, 0.1) is 24.6 Å². The van der Waals surface area contributed by atoms with Crippen LogP contribution in [0.2, 0.25) is 0 Å². The van der Waals surface area contributed by atoms with Crippen molar-refractivity contribution in [3.8, 4) is 22.9 Å². The second-order valence-corrected chi connectivity index (χ2v) is 8.48. The van der Waals surface area contributed by atoms with Gasteiger partial charge in [-0.25, -0.2) is 0 Å². The monoisotopic (exact) mass is 462 g/mol. The van der Waals surface area contributed by atoms with Crippen molar-refractivity contribution in [2.45, 2.75) is 24.7 Å². The van der Waals surface area contributed by atoms with Crippen LogP contribution in [0, 0.1) is 0 Å². The van der Waals surface area contributed by atoms with Crippen molar-refractivity contribution in [1.29, 1.82) is 0 Å². The summed E-state index contributed by atoms with van der Waals surface area (Å²) < 4.78 is 18.3. The van der Waals surface area contributed by atoms with Gasteiger partial charge in [0.1, 0.15) is 5.76 Å². The quantitative estimate of drug-likeness (QED) is 0.391. The van der Waals surface area contributed by atoms with Crippen LogP contribution in [-0.2, 0) is 11.3 Å². The van der Waals surface area contributed by atoms with E-state index >= 15 is 0 Å². The fourth-order valence-corrected chi connectivity index (χ4v) is 4.33. The molecule has 0 fully saturated rings. The maximum atomic E-state index is 12.5. The van der Waals surface area contributed by atoms with Gasteiger partial charge in [0.15, 0.2) is 22.5 Å². The van der Waals surface area contributed by atoms with Gasteiger partial charge in [0.25, 0.3) is 0 Å². The summed E-state index contributed by atoms with van der Waals surface area (Å²) >= 11 is 1.35. The molecule has 0 unspecified atom stereocenters. The highest BCUT2D eigenvalue weighted by molar-refractivity contribution is 7.99. The molecule has 1 amide bonds. The van der Waals surface area contributed by atoms with Crippen molar-refractivity contribution in [3.05, 3.63) is 78.3 Å². The lowest BCUT2D eigenvalue weighted by molar-refractivity contribution is -0.119. The average molecular weight is 463 g/mol. The third-order valence-corrected chi connectivity index (χ3v) is 6.17. The number of furan rings is 1. The van der Waals surface area contributed by atoms with E-state index in [4.69, 9.17) is 13.9 Å². The third kappa shape index (κ3) is 4.73. The van der Waals surface area contributed by atoms with Crippen molar-refractivity contribution in [2.24, 2.45) is 0 Å². The summed E-state index contributed by atoms with van der Waals surface area (Å²) in [6.07, 6.45) is 1.59. The Morgan fingerprint density at radius 1 is 1.09 bits per heavy atom. The van der Waals surface area contributed by atoms with Crippen molar-refractivity contribution >= 4 is 17.7 Å². The molecule has 168 valence electrons. The number of rotatable bonds is 8. The van der Waals surface area contributed by atoms with Gasteiger partial charge < -0.3 is 19.2 Å². The van der Waals surface area contributed by atoms with Crippen LogP contribution in [0.1, 0.15) is 24.3 Å². The molecule has 33 heavy (non-hydrogen) atoms. The fraction of sp³-hybridized carbons (Fsp3) is 0.208. The lowest BCUT2D eigenvalue weighted by atomic mass is 10.2. The number of aromatic nitrogens is 3. The minimum absolute atomic E-state index is 0.109. The standard InChI is InChI=1S/C24H22N4O4S/c1-16(19-8-5-11-30-19)25-22(29)14-33-24-27-26-23(18-6-3-2-4-7-18)28(24)13-17-9-10-20-21(12-17)32-15-31-20/h2-12,16H,13-15H2,1H3,(H,25,29)/t16-/m0/s1. The Balaban J connectivity index is 1.35. The highest BCUT2D eigenvalue weighted by atomic mass is 32.2. The molecule has 4 aromatic rings. The molecule has 1 atom stereocenters. The van der Waals surface area contributed by atoms with Crippen LogP contribution >= 0.6 is 11.8 Å². The van der Waals surface area contributed by atoms with Gasteiger partial charge in [-0.15, -0.1) is 10.2 Å². The van der Waals surface area contributed by atoms with Crippen molar-refractivity contribution < 1.29 is 18.7 Å². The molecule has 3 heterocycles. The summed E-state index contributed by atoms with van der Waals surface area (Å²) in [4.78, 5) is 12.5. The second kappa shape index (κ2) is 9.41. The Morgan fingerprint density at radius 2 is 1.94 bits per heavy atom. The summed E-state index contributed by atoms with van der Waals surface area (Å²) in [6.45, 7) is 2.64. The Bertz CT molecular complexity index is 1240.